The second-order valence-electron chi connectivity index (χ2n) is 9.77. The lowest BCUT2D eigenvalue weighted by molar-refractivity contribution is -0.275. The van der Waals surface area contributed by atoms with Crippen molar-refractivity contribution in [2.24, 2.45) is 0 Å². The Kier molecular flexibility index (Phi) is 9.49. The summed E-state index contributed by atoms with van der Waals surface area (Å²) in [5, 5.41) is 19.4. The third-order valence-electron chi connectivity index (χ3n) is 6.36. The maximum Gasteiger partial charge on any atom is 0.294 e. The molecule has 202 valence electrons. The summed E-state index contributed by atoms with van der Waals surface area (Å²) < 4.78 is 23.0. The lowest BCUT2D eigenvalue weighted by atomic mass is 9.94. The minimum atomic E-state index is -1.28. The van der Waals surface area contributed by atoms with Crippen LogP contribution in [0.25, 0.3) is 0 Å². The van der Waals surface area contributed by atoms with Gasteiger partial charge in [0.05, 0.1) is 19.3 Å². The van der Waals surface area contributed by atoms with Crippen molar-refractivity contribution in [3.63, 3.8) is 0 Å². The summed E-state index contributed by atoms with van der Waals surface area (Å²) in [7, 11) is 0. The molecule has 37 heavy (non-hydrogen) atoms. The predicted octanol–water partition coefficient (Wildman–Crippen LogP) is 2.53. The van der Waals surface area contributed by atoms with Gasteiger partial charge in [-0.05, 0) is 55.2 Å². The summed E-state index contributed by atoms with van der Waals surface area (Å²) in [4.78, 5) is 12.8. The van der Waals surface area contributed by atoms with E-state index in [0.717, 1.165) is 12.8 Å². The Labute approximate surface area is 218 Å². The fourth-order valence-electron chi connectivity index (χ4n) is 4.16. The quantitative estimate of drug-likeness (QED) is 0.222. The molecule has 1 aliphatic carbocycles. The number of carbonyl (C=O) groups is 1. The molecule has 1 saturated heterocycles. The van der Waals surface area contributed by atoms with E-state index in [1.54, 1.807) is 0 Å². The van der Waals surface area contributed by atoms with Crippen LogP contribution in [0.5, 0.6) is 11.5 Å². The standard InChI is InChI=1S/C28H39N3O6/c1-20(2)30-18-22(32)19-35-24-11-9-23(10-12-24)34-16-5-15-29-27(33)28(14-17-36-28)37-26-13-8-21-6-3-4-7-25(21)31-26/h4,7-13,20,22,25,30-32H,3,5-6,14-19H2,1-2H3,(H,29,33)/t22-,25?,28?/m0/s1. The highest BCUT2D eigenvalue weighted by Gasteiger charge is 2.49. The Hall–Kier alpha value is -3.01. The normalized spacial score (nSPS) is 23.1. The summed E-state index contributed by atoms with van der Waals surface area (Å²) in [6.45, 7) is 6.14. The van der Waals surface area contributed by atoms with Crippen molar-refractivity contribution in [1.29, 1.82) is 0 Å². The van der Waals surface area contributed by atoms with Crippen LogP contribution in [0.15, 0.2) is 60.0 Å². The molecule has 0 radical (unpaired) electrons. The fourth-order valence-corrected chi connectivity index (χ4v) is 4.16. The van der Waals surface area contributed by atoms with E-state index < -0.39 is 11.9 Å². The van der Waals surface area contributed by atoms with Gasteiger partial charge >= 0.3 is 0 Å². The van der Waals surface area contributed by atoms with Gasteiger partial charge in [0, 0.05) is 25.6 Å². The van der Waals surface area contributed by atoms with Gasteiger partial charge in [-0.3, -0.25) is 4.79 Å². The number of ether oxygens (including phenoxy) is 4. The van der Waals surface area contributed by atoms with Crippen molar-refractivity contribution in [2.45, 2.75) is 63.5 Å². The maximum atomic E-state index is 12.8. The molecule has 3 atom stereocenters. The minimum absolute atomic E-state index is 0.116. The van der Waals surface area contributed by atoms with E-state index in [1.807, 2.05) is 44.2 Å². The number of nitrogens with one attached hydrogen (secondary N) is 3. The van der Waals surface area contributed by atoms with Crippen molar-refractivity contribution in [3.8, 4) is 11.5 Å². The van der Waals surface area contributed by atoms with Crippen LogP contribution in [0.3, 0.4) is 0 Å². The highest BCUT2D eigenvalue weighted by molar-refractivity contribution is 5.84. The summed E-state index contributed by atoms with van der Waals surface area (Å²) >= 11 is 0. The Morgan fingerprint density at radius 2 is 1.97 bits per heavy atom. The van der Waals surface area contributed by atoms with Crippen molar-refractivity contribution in [2.75, 3.05) is 32.9 Å². The lowest BCUT2D eigenvalue weighted by Crippen LogP contribution is -2.58. The van der Waals surface area contributed by atoms with Gasteiger partial charge in [0.15, 0.2) is 5.88 Å². The molecule has 2 heterocycles. The minimum Gasteiger partial charge on any atom is -0.494 e. The maximum absolute atomic E-state index is 12.8. The van der Waals surface area contributed by atoms with Gasteiger partial charge in [-0.15, -0.1) is 0 Å². The number of dihydropyridines is 1. The average Bonchev–Trinajstić information content (AvgIpc) is 2.88. The summed E-state index contributed by atoms with van der Waals surface area (Å²) in [6.07, 6.45) is 10.9. The van der Waals surface area contributed by atoms with E-state index >= 15 is 0 Å². The number of aliphatic hydroxyl groups is 1. The molecule has 0 saturated carbocycles. The monoisotopic (exact) mass is 513 g/mol. The fraction of sp³-hybridized carbons (Fsp3) is 0.536. The van der Waals surface area contributed by atoms with Crippen LogP contribution in [-0.2, 0) is 14.3 Å². The largest absolute Gasteiger partial charge is 0.494 e. The number of aliphatic hydroxyl groups excluding tert-OH is 1. The van der Waals surface area contributed by atoms with Crippen molar-refractivity contribution in [1.82, 2.24) is 16.0 Å². The second-order valence-corrected chi connectivity index (χ2v) is 9.77. The number of fused-ring (bicyclic) bond motifs is 1. The average molecular weight is 514 g/mol. The summed E-state index contributed by atoms with van der Waals surface area (Å²) in [6, 6.07) is 7.70. The molecular weight excluding hydrogens is 474 g/mol. The van der Waals surface area contributed by atoms with E-state index in [1.165, 1.54) is 5.57 Å². The van der Waals surface area contributed by atoms with Crippen molar-refractivity contribution in [3.05, 3.63) is 60.0 Å². The van der Waals surface area contributed by atoms with Crippen LogP contribution in [0.1, 0.15) is 39.5 Å². The molecule has 2 aliphatic heterocycles. The van der Waals surface area contributed by atoms with Crippen LogP contribution in [0, 0.1) is 0 Å². The molecule has 0 aromatic heterocycles. The van der Waals surface area contributed by atoms with Gasteiger partial charge in [-0.25, -0.2) is 0 Å². The van der Waals surface area contributed by atoms with Crippen molar-refractivity contribution >= 4 is 5.91 Å². The van der Waals surface area contributed by atoms with E-state index in [2.05, 4.69) is 34.2 Å². The molecular formula is C28H39N3O6. The van der Waals surface area contributed by atoms with Crippen LogP contribution in [0.2, 0.25) is 0 Å². The smallest absolute Gasteiger partial charge is 0.294 e. The zero-order chi connectivity index (χ0) is 26.1. The number of hydrogen-bond acceptors (Lipinski definition) is 8. The Morgan fingerprint density at radius 1 is 1.22 bits per heavy atom. The van der Waals surface area contributed by atoms with Gasteiger partial charge in [0.2, 0.25) is 0 Å². The van der Waals surface area contributed by atoms with E-state index in [0.29, 0.717) is 62.6 Å². The first-order chi connectivity index (χ1) is 17.9. The predicted molar refractivity (Wildman–Crippen MR) is 140 cm³/mol. The SMILES string of the molecule is CC(C)NC[C@H](O)COc1ccc(OCCCNC(=O)C2(OC3=CC=C4CCC=CC4N3)CCO2)cc1. The number of benzene rings is 1. The molecule has 1 amide bonds. The molecule has 0 bridgehead atoms. The summed E-state index contributed by atoms with van der Waals surface area (Å²) in [5.74, 6) is 0.373. The molecule has 1 aromatic carbocycles. The molecule has 9 heteroatoms. The van der Waals surface area contributed by atoms with Gasteiger partial charge in [-0.2, -0.15) is 0 Å². The highest BCUT2D eigenvalue weighted by Crippen LogP contribution is 2.32. The summed E-state index contributed by atoms with van der Waals surface area (Å²) in [5.41, 5.74) is 1.32. The van der Waals surface area contributed by atoms with E-state index in [9.17, 15) is 9.90 Å². The first-order valence-corrected chi connectivity index (χ1v) is 13.2. The Morgan fingerprint density at radius 3 is 2.68 bits per heavy atom. The highest BCUT2D eigenvalue weighted by atomic mass is 16.7. The zero-order valence-corrected chi connectivity index (χ0v) is 21.7. The number of amides is 1. The van der Waals surface area contributed by atoms with Gasteiger partial charge < -0.3 is 40.0 Å². The van der Waals surface area contributed by atoms with Gasteiger partial charge in [0.25, 0.3) is 11.7 Å². The molecule has 1 aromatic rings. The lowest BCUT2D eigenvalue weighted by Gasteiger charge is -2.41. The molecule has 4 N–H and O–H groups in total. The number of hydrogen-bond donors (Lipinski definition) is 4. The third-order valence-corrected chi connectivity index (χ3v) is 6.36. The van der Waals surface area contributed by atoms with Crippen molar-refractivity contribution < 1.29 is 28.8 Å². The first kappa shape index (κ1) is 27.0. The first-order valence-electron chi connectivity index (χ1n) is 13.2. The molecule has 9 nitrogen and oxygen atoms in total. The van der Waals surface area contributed by atoms with E-state index in [4.69, 9.17) is 18.9 Å². The van der Waals surface area contributed by atoms with Gasteiger partial charge in [-0.1, -0.05) is 32.1 Å². The number of carbonyl (C=O) groups excluding carboxylic acids is 1. The molecule has 2 unspecified atom stereocenters. The van der Waals surface area contributed by atoms with Crippen LogP contribution < -0.4 is 25.4 Å². The topological polar surface area (TPSA) is 110 Å². The molecule has 4 rings (SSSR count). The zero-order valence-electron chi connectivity index (χ0n) is 21.7. The van der Waals surface area contributed by atoms with Crippen LogP contribution in [-0.4, -0.2) is 67.9 Å². The Balaban J connectivity index is 1.13. The van der Waals surface area contributed by atoms with E-state index in [-0.39, 0.29) is 18.6 Å². The molecule has 1 fully saturated rings. The number of rotatable bonds is 14. The third kappa shape index (κ3) is 7.74. The Bertz CT molecular complexity index is 984. The van der Waals surface area contributed by atoms with Crippen LogP contribution >= 0.6 is 0 Å². The van der Waals surface area contributed by atoms with Crippen LogP contribution in [0.4, 0.5) is 0 Å². The number of allylic oxidation sites excluding steroid dienone is 3. The second kappa shape index (κ2) is 13.0. The van der Waals surface area contributed by atoms with Gasteiger partial charge in [0.1, 0.15) is 24.2 Å². The molecule has 0 spiro atoms. The molecule has 3 aliphatic rings.